The Morgan fingerprint density at radius 3 is 2.14 bits per heavy atom. The molecule has 1 N–H and O–H groups in total. The number of methoxy groups -OCH3 is 2. The predicted molar refractivity (Wildman–Crippen MR) is 112 cm³/mol. The highest BCUT2D eigenvalue weighted by Gasteiger charge is 2.27. The summed E-state index contributed by atoms with van der Waals surface area (Å²) in [5, 5.41) is 3.14. The number of benzene rings is 2. The van der Waals surface area contributed by atoms with Crippen molar-refractivity contribution in [3.63, 3.8) is 0 Å². The van der Waals surface area contributed by atoms with Crippen molar-refractivity contribution in [1.82, 2.24) is 4.90 Å². The monoisotopic (exact) mass is 382 g/mol. The summed E-state index contributed by atoms with van der Waals surface area (Å²) in [6, 6.07) is 8.06. The standard InChI is InChI=1S/C23H30N2O3/c1-14-9-15(2)22(16(3)10-14)24-23(26)17(4)25-8-7-18-11-20(27-5)21(28-6)12-19(18)13-25/h9-12,17H,7-8,13H2,1-6H3,(H,24,26)/t17-/m1/s1. The number of amides is 1. The Kier molecular flexibility index (Phi) is 5.94. The fraction of sp³-hybridized carbons (Fsp3) is 0.435. The quantitative estimate of drug-likeness (QED) is 0.849. The second kappa shape index (κ2) is 8.23. The number of ether oxygens (including phenoxy) is 2. The van der Waals surface area contributed by atoms with Crippen LogP contribution in [0.5, 0.6) is 11.5 Å². The third-order valence-corrected chi connectivity index (χ3v) is 5.60. The molecule has 3 rings (SSSR count). The fourth-order valence-electron chi connectivity index (χ4n) is 4.01. The van der Waals surface area contributed by atoms with Gasteiger partial charge in [0.2, 0.25) is 5.91 Å². The molecule has 1 amide bonds. The van der Waals surface area contributed by atoms with Crippen LogP contribution in [-0.2, 0) is 17.8 Å². The molecule has 0 unspecified atom stereocenters. The van der Waals surface area contributed by atoms with Gasteiger partial charge in [-0.2, -0.15) is 0 Å². The lowest BCUT2D eigenvalue weighted by molar-refractivity contribution is -0.121. The molecule has 0 bridgehead atoms. The summed E-state index contributed by atoms with van der Waals surface area (Å²) in [6.45, 7) is 9.68. The number of hydrogen-bond donors (Lipinski definition) is 1. The largest absolute Gasteiger partial charge is 0.493 e. The van der Waals surface area contributed by atoms with Gasteiger partial charge in [0.15, 0.2) is 11.5 Å². The van der Waals surface area contributed by atoms with E-state index in [-0.39, 0.29) is 11.9 Å². The van der Waals surface area contributed by atoms with Crippen LogP contribution in [-0.4, -0.2) is 37.6 Å². The molecule has 1 atom stereocenters. The van der Waals surface area contributed by atoms with E-state index in [0.717, 1.165) is 47.8 Å². The molecule has 28 heavy (non-hydrogen) atoms. The van der Waals surface area contributed by atoms with Crippen LogP contribution in [0.3, 0.4) is 0 Å². The highest BCUT2D eigenvalue weighted by molar-refractivity contribution is 5.96. The minimum atomic E-state index is -0.221. The average Bonchev–Trinajstić information content (AvgIpc) is 2.68. The van der Waals surface area contributed by atoms with E-state index in [0.29, 0.717) is 0 Å². The summed E-state index contributed by atoms with van der Waals surface area (Å²) < 4.78 is 10.8. The number of carbonyl (C=O) groups excluding carboxylic acids is 1. The number of fused-ring (bicyclic) bond motifs is 1. The summed E-state index contributed by atoms with van der Waals surface area (Å²) in [6.07, 6.45) is 0.885. The zero-order valence-electron chi connectivity index (χ0n) is 17.7. The lowest BCUT2D eigenvalue weighted by Crippen LogP contribution is -2.44. The van der Waals surface area contributed by atoms with Gasteiger partial charge in [0.1, 0.15) is 0 Å². The van der Waals surface area contributed by atoms with Gasteiger partial charge in [-0.25, -0.2) is 0 Å². The van der Waals surface area contributed by atoms with Crippen molar-refractivity contribution in [3.05, 3.63) is 52.1 Å². The minimum Gasteiger partial charge on any atom is -0.493 e. The molecular weight excluding hydrogens is 352 g/mol. The first-order valence-electron chi connectivity index (χ1n) is 9.70. The Hall–Kier alpha value is -2.53. The normalized spacial score (nSPS) is 14.9. The molecule has 0 spiro atoms. The maximum atomic E-state index is 12.9. The van der Waals surface area contributed by atoms with Crippen LogP contribution in [0.25, 0.3) is 0 Å². The first kappa shape index (κ1) is 20.2. The highest BCUT2D eigenvalue weighted by atomic mass is 16.5. The van der Waals surface area contributed by atoms with Crippen LogP contribution in [0.1, 0.15) is 34.7 Å². The summed E-state index contributed by atoms with van der Waals surface area (Å²) in [7, 11) is 3.30. The molecule has 5 nitrogen and oxygen atoms in total. The maximum absolute atomic E-state index is 12.9. The third kappa shape index (κ3) is 3.99. The Morgan fingerprint density at radius 2 is 1.57 bits per heavy atom. The molecular formula is C23H30N2O3. The Balaban J connectivity index is 1.75. The lowest BCUT2D eigenvalue weighted by Gasteiger charge is -2.33. The van der Waals surface area contributed by atoms with Gasteiger partial charge >= 0.3 is 0 Å². The number of hydrogen-bond acceptors (Lipinski definition) is 4. The van der Waals surface area contributed by atoms with E-state index in [4.69, 9.17) is 9.47 Å². The molecule has 1 heterocycles. The fourth-order valence-corrected chi connectivity index (χ4v) is 4.01. The van der Waals surface area contributed by atoms with Crippen molar-refractivity contribution in [2.24, 2.45) is 0 Å². The Morgan fingerprint density at radius 1 is 1.00 bits per heavy atom. The van der Waals surface area contributed by atoms with E-state index in [1.165, 1.54) is 16.7 Å². The van der Waals surface area contributed by atoms with Gasteiger partial charge in [-0.05, 0) is 68.5 Å². The molecule has 5 heteroatoms. The number of nitrogens with zero attached hydrogens (tertiary/aromatic N) is 1. The first-order valence-corrected chi connectivity index (χ1v) is 9.70. The second-order valence-corrected chi connectivity index (χ2v) is 7.64. The molecule has 150 valence electrons. The maximum Gasteiger partial charge on any atom is 0.241 e. The van der Waals surface area contributed by atoms with Gasteiger partial charge in [-0.15, -0.1) is 0 Å². The van der Waals surface area contributed by atoms with Gasteiger partial charge in [0, 0.05) is 18.8 Å². The third-order valence-electron chi connectivity index (χ3n) is 5.60. The van der Waals surface area contributed by atoms with Crippen LogP contribution in [0.15, 0.2) is 24.3 Å². The van der Waals surface area contributed by atoms with Gasteiger partial charge in [0.05, 0.1) is 20.3 Å². The molecule has 0 radical (unpaired) electrons. The molecule has 1 aliphatic heterocycles. The number of rotatable bonds is 5. The summed E-state index contributed by atoms with van der Waals surface area (Å²) >= 11 is 0. The first-order chi connectivity index (χ1) is 13.3. The van der Waals surface area contributed by atoms with E-state index in [1.54, 1.807) is 14.2 Å². The average molecular weight is 383 g/mol. The van der Waals surface area contributed by atoms with Crippen molar-refractivity contribution in [1.29, 1.82) is 0 Å². The topological polar surface area (TPSA) is 50.8 Å². The van der Waals surface area contributed by atoms with Gasteiger partial charge < -0.3 is 14.8 Å². The molecule has 0 saturated carbocycles. The summed E-state index contributed by atoms with van der Waals surface area (Å²) in [5.74, 6) is 1.51. The van der Waals surface area contributed by atoms with Crippen molar-refractivity contribution < 1.29 is 14.3 Å². The van der Waals surface area contributed by atoms with Crippen LogP contribution in [0, 0.1) is 20.8 Å². The predicted octanol–water partition coefficient (Wildman–Crippen LogP) is 4.01. The van der Waals surface area contributed by atoms with E-state index in [9.17, 15) is 4.79 Å². The van der Waals surface area contributed by atoms with Crippen molar-refractivity contribution in [2.75, 3.05) is 26.1 Å². The number of carbonyl (C=O) groups is 1. The number of nitrogens with one attached hydrogen (secondary N) is 1. The van der Waals surface area contributed by atoms with Crippen LogP contribution >= 0.6 is 0 Å². The Bertz CT molecular complexity index is 869. The van der Waals surface area contributed by atoms with Gasteiger partial charge in [0.25, 0.3) is 0 Å². The minimum absolute atomic E-state index is 0.0268. The molecule has 1 aliphatic rings. The number of anilines is 1. The van der Waals surface area contributed by atoms with E-state index < -0.39 is 0 Å². The van der Waals surface area contributed by atoms with Gasteiger partial charge in [-0.3, -0.25) is 9.69 Å². The Labute approximate surface area is 167 Å². The number of aryl methyl sites for hydroxylation is 3. The molecule has 0 fully saturated rings. The van der Waals surface area contributed by atoms with Crippen LogP contribution < -0.4 is 14.8 Å². The smallest absolute Gasteiger partial charge is 0.241 e. The molecule has 0 aromatic heterocycles. The lowest BCUT2D eigenvalue weighted by atomic mass is 9.97. The van der Waals surface area contributed by atoms with Gasteiger partial charge in [-0.1, -0.05) is 17.7 Å². The zero-order chi connectivity index (χ0) is 20.4. The molecule has 0 saturated heterocycles. The molecule has 2 aromatic rings. The molecule has 2 aromatic carbocycles. The molecule has 0 aliphatic carbocycles. The van der Waals surface area contributed by atoms with Crippen LogP contribution in [0.4, 0.5) is 5.69 Å². The van der Waals surface area contributed by atoms with Crippen molar-refractivity contribution >= 4 is 11.6 Å². The highest BCUT2D eigenvalue weighted by Crippen LogP contribution is 2.33. The second-order valence-electron chi connectivity index (χ2n) is 7.64. The summed E-state index contributed by atoms with van der Waals surface area (Å²) in [4.78, 5) is 15.1. The zero-order valence-corrected chi connectivity index (χ0v) is 17.7. The van der Waals surface area contributed by atoms with Crippen LogP contribution in [0.2, 0.25) is 0 Å². The van der Waals surface area contributed by atoms with Crippen molar-refractivity contribution in [3.8, 4) is 11.5 Å². The van der Waals surface area contributed by atoms with Crippen molar-refractivity contribution in [2.45, 2.75) is 46.7 Å². The van der Waals surface area contributed by atoms with E-state index >= 15 is 0 Å². The summed E-state index contributed by atoms with van der Waals surface area (Å²) in [5.41, 5.74) is 6.76. The van der Waals surface area contributed by atoms with E-state index in [1.807, 2.05) is 26.8 Å². The van der Waals surface area contributed by atoms with E-state index in [2.05, 4.69) is 35.3 Å². The SMILES string of the molecule is COc1cc2c(cc1OC)CN([C@H](C)C(=O)Nc1c(C)cc(C)cc1C)CC2.